The van der Waals surface area contributed by atoms with Gasteiger partial charge in [-0.3, -0.25) is 9.59 Å². The Morgan fingerprint density at radius 1 is 1.12 bits per heavy atom. The van der Waals surface area contributed by atoms with Gasteiger partial charge in [-0.2, -0.15) is 0 Å². The number of carbonyl (C=O) groups is 2. The molecule has 0 radical (unpaired) electrons. The molecule has 1 heterocycles. The highest BCUT2D eigenvalue weighted by Gasteiger charge is 2.28. The SMILES string of the molecule is COc1cccc(NC(=O)C2CCN(C(=O)c3cccc(F)c3)CC2)c1. The number of hydrogen-bond donors (Lipinski definition) is 1. The van der Waals surface area contributed by atoms with Crippen molar-refractivity contribution in [2.75, 3.05) is 25.5 Å². The van der Waals surface area contributed by atoms with Crippen LogP contribution >= 0.6 is 0 Å². The van der Waals surface area contributed by atoms with E-state index in [2.05, 4.69) is 5.32 Å². The lowest BCUT2D eigenvalue weighted by atomic mass is 9.95. The molecule has 1 saturated heterocycles. The van der Waals surface area contributed by atoms with Gasteiger partial charge < -0.3 is 15.0 Å². The molecule has 1 aliphatic rings. The number of benzene rings is 2. The van der Waals surface area contributed by atoms with E-state index in [0.717, 1.165) is 0 Å². The number of piperidine rings is 1. The zero-order chi connectivity index (χ0) is 18.5. The van der Waals surface area contributed by atoms with Crippen LogP contribution in [0.15, 0.2) is 48.5 Å². The lowest BCUT2D eigenvalue weighted by Crippen LogP contribution is -2.41. The minimum Gasteiger partial charge on any atom is -0.497 e. The van der Waals surface area contributed by atoms with Crippen molar-refractivity contribution in [3.05, 3.63) is 59.9 Å². The van der Waals surface area contributed by atoms with Crippen molar-refractivity contribution in [1.82, 2.24) is 4.90 Å². The Kier molecular flexibility index (Phi) is 5.51. The van der Waals surface area contributed by atoms with Gasteiger partial charge in [0, 0.05) is 36.3 Å². The summed E-state index contributed by atoms with van der Waals surface area (Å²) in [5, 5.41) is 2.90. The predicted octanol–water partition coefficient (Wildman–Crippen LogP) is 3.33. The molecular formula is C20H21FN2O3. The summed E-state index contributed by atoms with van der Waals surface area (Å²) in [5.41, 5.74) is 1.02. The summed E-state index contributed by atoms with van der Waals surface area (Å²) in [6.07, 6.45) is 1.16. The number of amides is 2. The van der Waals surface area contributed by atoms with Crippen LogP contribution in [-0.4, -0.2) is 36.9 Å². The summed E-state index contributed by atoms with van der Waals surface area (Å²) in [6.45, 7) is 0.955. The Morgan fingerprint density at radius 2 is 1.85 bits per heavy atom. The summed E-state index contributed by atoms with van der Waals surface area (Å²) in [7, 11) is 1.58. The third kappa shape index (κ3) is 4.20. The maximum absolute atomic E-state index is 13.3. The number of rotatable bonds is 4. The monoisotopic (exact) mass is 356 g/mol. The van der Waals surface area contributed by atoms with Gasteiger partial charge in [0.2, 0.25) is 5.91 Å². The van der Waals surface area contributed by atoms with Crippen LogP contribution in [0.5, 0.6) is 5.75 Å². The van der Waals surface area contributed by atoms with E-state index in [4.69, 9.17) is 4.74 Å². The van der Waals surface area contributed by atoms with E-state index < -0.39 is 5.82 Å². The molecule has 3 rings (SSSR count). The van der Waals surface area contributed by atoms with Crippen LogP contribution in [0.3, 0.4) is 0 Å². The fraction of sp³-hybridized carbons (Fsp3) is 0.300. The number of ether oxygens (including phenoxy) is 1. The van der Waals surface area contributed by atoms with E-state index in [1.165, 1.54) is 18.2 Å². The smallest absolute Gasteiger partial charge is 0.253 e. The predicted molar refractivity (Wildman–Crippen MR) is 96.7 cm³/mol. The second-order valence-electron chi connectivity index (χ2n) is 6.30. The molecule has 136 valence electrons. The molecule has 0 saturated carbocycles. The second kappa shape index (κ2) is 7.99. The first-order valence-corrected chi connectivity index (χ1v) is 8.56. The molecule has 0 unspecified atom stereocenters. The number of methoxy groups -OCH3 is 1. The van der Waals surface area contributed by atoms with Gasteiger partial charge in [-0.25, -0.2) is 4.39 Å². The van der Waals surface area contributed by atoms with E-state index in [1.807, 2.05) is 18.2 Å². The van der Waals surface area contributed by atoms with Crippen LogP contribution in [0, 0.1) is 11.7 Å². The molecule has 0 aliphatic carbocycles. The fourth-order valence-corrected chi connectivity index (χ4v) is 3.09. The van der Waals surface area contributed by atoms with Gasteiger partial charge in [0.1, 0.15) is 11.6 Å². The average Bonchev–Trinajstić information content (AvgIpc) is 2.67. The number of nitrogens with one attached hydrogen (secondary N) is 1. The summed E-state index contributed by atoms with van der Waals surface area (Å²) in [6, 6.07) is 12.9. The molecule has 2 aromatic rings. The Bertz CT molecular complexity index is 801. The normalized spacial score (nSPS) is 14.8. The molecule has 0 atom stereocenters. The summed E-state index contributed by atoms with van der Waals surface area (Å²) in [5.74, 6) is -0.160. The molecule has 1 aliphatic heterocycles. The Hall–Kier alpha value is -2.89. The van der Waals surface area contributed by atoms with Crippen LogP contribution in [-0.2, 0) is 4.79 Å². The number of hydrogen-bond acceptors (Lipinski definition) is 3. The maximum Gasteiger partial charge on any atom is 0.253 e. The zero-order valence-corrected chi connectivity index (χ0v) is 14.6. The zero-order valence-electron chi connectivity index (χ0n) is 14.6. The second-order valence-corrected chi connectivity index (χ2v) is 6.30. The highest BCUT2D eigenvalue weighted by atomic mass is 19.1. The first-order chi connectivity index (χ1) is 12.6. The number of carbonyl (C=O) groups excluding carboxylic acids is 2. The van der Waals surface area contributed by atoms with Gasteiger partial charge in [-0.05, 0) is 43.2 Å². The van der Waals surface area contributed by atoms with Crippen molar-refractivity contribution in [3.63, 3.8) is 0 Å². The van der Waals surface area contributed by atoms with Crippen molar-refractivity contribution in [2.45, 2.75) is 12.8 Å². The Labute approximate surface area is 151 Å². The van der Waals surface area contributed by atoms with Crippen LogP contribution in [0.4, 0.5) is 10.1 Å². The Morgan fingerprint density at radius 3 is 2.54 bits per heavy atom. The molecule has 1 fully saturated rings. The molecule has 2 amide bonds. The fourth-order valence-electron chi connectivity index (χ4n) is 3.09. The van der Waals surface area contributed by atoms with Crippen LogP contribution < -0.4 is 10.1 Å². The number of halogens is 1. The third-order valence-electron chi connectivity index (χ3n) is 4.56. The molecule has 0 bridgehead atoms. The van der Waals surface area contributed by atoms with Crippen molar-refractivity contribution >= 4 is 17.5 Å². The summed E-state index contributed by atoms with van der Waals surface area (Å²) in [4.78, 5) is 26.6. The number of anilines is 1. The molecule has 0 aromatic heterocycles. The van der Waals surface area contributed by atoms with Crippen LogP contribution in [0.1, 0.15) is 23.2 Å². The van der Waals surface area contributed by atoms with Gasteiger partial charge in [0.25, 0.3) is 5.91 Å². The Balaban J connectivity index is 1.56. The van der Waals surface area contributed by atoms with Crippen molar-refractivity contribution in [3.8, 4) is 5.75 Å². The van der Waals surface area contributed by atoms with Gasteiger partial charge in [-0.1, -0.05) is 12.1 Å². The van der Waals surface area contributed by atoms with Gasteiger partial charge in [0.05, 0.1) is 7.11 Å². The molecule has 6 heteroatoms. The van der Waals surface area contributed by atoms with Gasteiger partial charge in [0.15, 0.2) is 0 Å². The van der Waals surface area contributed by atoms with E-state index in [1.54, 1.807) is 24.1 Å². The minimum atomic E-state index is -0.427. The molecule has 1 N–H and O–H groups in total. The van der Waals surface area contributed by atoms with Crippen LogP contribution in [0.2, 0.25) is 0 Å². The van der Waals surface area contributed by atoms with Gasteiger partial charge >= 0.3 is 0 Å². The quantitative estimate of drug-likeness (QED) is 0.914. The van der Waals surface area contributed by atoms with Crippen molar-refractivity contribution in [1.29, 1.82) is 0 Å². The first-order valence-electron chi connectivity index (χ1n) is 8.56. The lowest BCUT2D eigenvalue weighted by molar-refractivity contribution is -0.121. The topological polar surface area (TPSA) is 58.6 Å². The summed E-state index contributed by atoms with van der Waals surface area (Å²) >= 11 is 0. The minimum absolute atomic E-state index is 0.0592. The van der Waals surface area contributed by atoms with E-state index in [-0.39, 0.29) is 17.7 Å². The largest absolute Gasteiger partial charge is 0.497 e. The van der Waals surface area contributed by atoms with Crippen molar-refractivity contribution in [2.24, 2.45) is 5.92 Å². The third-order valence-corrected chi connectivity index (χ3v) is 4.56. The standard InChI is InChI=1S/C20H21FN2O3/c1-26-18-7-3-6-17(13-18)22-19(24)14-8-10-23(11-9-14)20(25)15-4-2-5-16(21)12-15/h2-7,12-14H,8-11H2,1H3,(H,22,24). The molecule has 5 nitrogen and oxygen atoms in total. The van der Waals surface area contributed by atoms with Crippen molar-refractivity contribution < 1.29 is 18.7 Å². The van der Waals surface area contributed by atoms with Gasteiger partial charge in [-0.15, -0.1) is 0 Å². The molecule has 2 aromatic carbocycles. The van der Waals surface area contributed by atoms with E-state index >= 15 is 0 Å². The molecule has 26 heavy (non-hydrogen) atoms. The number of nitrogens with zero attached hydrogens (tertiary/aromatic N) is 1. The molecule has 0 spiro atoms. The first kappa shape index (κ1) is 17.9. The average molecular weight is 356 g/mol. The summed E-state index contributed by atoms with van der Waals surface area (Å²) < 4.78 is 18.4. The number of likely N-dealkylation sites (tertiary alicyclic amines) is 1. The molecular weight excluding hydrogens is 335 g/mol. The maximum atomic E-state index is 13.3. The highest BCUT2D eigenvalue weighted by molar-refractivity contribution is 5.95. The van der Waals surface area contributed by atoms with E-state index in [9.17, 15) is 14.0 Å². The van der Waals surface area contributed by atoms with E-state index in [0.29, 0.717) is 42.9 Å². The lowest BCUT2D eigenvalue weighted by Gasteiger charge is -2.31. The van der Waals surface area contributed by atoms with Crippen LogP contribution in [0.25, 0.3) is 0 Å². The highest BCUT2D eigenvalue weighted by Crippen LogP contribution is 2.23.